The molecule has 0 saturated heterocycles. The smallest absolute Gasteiger partial charge is 0.163 e. The zero-order chi connectivity index (χ0) is 18.4. The van der Waals surface area contributed by atoms with E-state index in [9.17, 15) is 10.1 Å². The van der Waals surface area contributed by atoms with Gasteiger partial charge in [0.1, 0.15) is 0 Å². The van der Waals surface area contributed by atoms with Crippen molar-refractivity contribution in [2.75, 3.05) is 0 Å². The van der Waals surface area contributed by atoms with Crippen molar-refractivity contribution in [2.45, 2.75) is 18.3 Å². The minimum absolute atomic E-state index is 0.0506. The van der Waals surface area contributed by atoms with Crippen LogP contribution >= 0.6 is 15.9 Å². The van der Waals surface area contributed by atoms with E-state index in [4.69, 9.17) is 0 Å². The van der Waals surface area contributed by atoms with Gasteiger partial charge in [-0.2, -0.15) is 5.26 Å². The van der Waals surface area contributed by atoms with Gasteiger partial charge in [0.15, 0.2) is 5.78 Å². The maximum absolute atomic E-state index is 12.8. The SMILES string of the molecule is N#C[C@H](c1cccc(Br)c1)[C@H](CC(=O)c1ccccc1)c1ccccc1. The van der Waals surface area contributed by atoms with Gasteiger partial charge < -0.3 is 0 Å². The molecule has 128 valence electrons. The molecule has 2 atom stereocenters. The van der Waals surface area contributed by atoms with Gasteiger partial charge in [-0.05, 0) is 23.3 Å². The van der Waals surface area contributed by atoms with Crippen molar-refractivity contribution in [3.05, 3.63) is 106 Å². The second-order valence-electron chi connectivity index (χ2n) is 6.17. The Balaban J connectivity index is 1.98. The van der Waals surface area contributed by atoms with Gasteiger partial charge in [-0.3, -0.25) is 4.79 Å². The van der Waals surface area contributed by atoms with E-state index < -0.39 is 5.92 Å². The van der Waals surface area contributed by atoms with Crippen molar-refractivity contribution in [2.24, 2.45) is 0 Å². The summed E-state index contributed by atoms with van der Waals surface area (Å²) in [6.45, 7) is 0. The molecule has 3 heteroatoms. The lowest BCUT2D eigenvalue weighted by Crippen LogP contribution is -2.15. The maximum atomic E-state index is 12.8. The van der Waals surface area contributed by atoms with Gasteiger partial charge in [0.25, 0.3) is 0 Å². The lowest BCUT2D eigenvalue weighted by molar-refractivity contribution is 0.0972. The Morgan fingerprint density at radius 3 is 2.12 bits per heavy atom. The highest BCUT2D eigenvalue weighted by atomic mass is 79.9. The van der Waals surface area contributed by atoms with Crippen molar-refractivity contribution < 1.29 is 4.79 Å². The summed E-state index contributed by atoms with van der Waals surface area (Å²) in [7, 11) is 0. The van der Waals surface area contributed by atoms with Gasteiger partial charge in [0.2, 0.25) is 0 Å². The van der Waals surface area contributed by atoms with Crippen LogP contribution in [0.5, 0.6) is 0 Å². The minimum atomic E-state index is -0.400. The molecule has 0 aliphatic heterocycles. The minimum Gasteiger partial charge on any atom is -0.294 e. The number of carbonyl (C=O) groups is 1. The molecule has 3 aromatic carbocycles. The molecule has 3 rings (SSSR count). The zero-order valence-corrected chi connectivity index (χ0v) is 15.8. The van der Waals surface area contributed by atoms with Crippen LogP contribution in [-0.2, 0) is 0 Å². The van der Waals surface area contributed by atoms with E-state index in [0.29, 0.717) is 12.0 Å². The molecule has 0 saturated carbocycles. The summed E-state index contributed by atoms with van der Waals surface area (Å²) >= 11 is 3.48. The van der Waals surface area contributed by atoms with E-state index in [2.05, 4.69) is 22.0 Å². The Kier molecular flexibility index (Phi) is 5.99. The van der Waals surface area contributed by atoms with Crippen molar-refractivity contribution >= 4 is 21.7 Å². The number of carbonyl (C=O) groups excluding carboxylic acids is 1. The molecular formula is C23H18BrNO. The molecule has 0 amide bonds. The van der Waals surface area contributed by atoms with Gasteiger partial charge in [-0.1, -0.05) is 88.7 Å². The molecule has 0 bridgehead atoms. The summed E-state index contributed by atoms with van der Waals surface area (Å²) < 4.78 is 0.927. The molecule has 0 fully saturated rings. The number of rotatable bonds is 6. The van der Waals surface area contributed by atoms with E-state index in [1.165, 1.54) is 0 Å². The predicted molar refractivity (Wildman–Crippen MR) is 107 cm³/mol. The number of benzene rings is 3. The van der Waals surface area contributed by atoms with Gasteiger partial charge in [-0.15, -0.1) is 0 Å². The summed E-state index contributed by atoms with van der Waals surface area (Å²) in [6.07, 6.45) is 0.290. The van der Waals surface area contributed by atoms with Crippen LogP contribution < -0.4 is 0 Å². The fourth-order valence-electron chi connectivity index (χ4n) is 3.17. The lowest BCUT2D eigenvalue weighted by Gasteiger charge is -2.23. The first kappa shape index (κ1) is 18.1. The second-order valence-corrected chi connectivity index (χ2v) is 7.09. The van der Waals surface area contributed by atoms with E-state index in [0.717, 1.165) is 15.6 Å². The van der Waals surface area contributed by atoms with Gasteiger partial charge >= 0.3 is 0 Å². The van der Waals surface area contributed by atoms with Crippen LogP contribution in [-0.4, -0.2) is 5.78 Å². The predicted octanol–water partition coefficient (Wildman–Crippen LogP) is 6.11. The van der Waals surface area contributed by atoms with Gasteiger partial charge in [-0.25, -0.2) is 0 Å². The number of nitrogens with zero attached hydrogens (tertiary/aromatic N) is 1. The van der Waals surface area contributed by atoms with Crippen LogP contribution in [0, 0.1) is 11.3 Å². The first-order valence-corrected chi connectivity index (χ1v) is 9.26. The summed E-state index contributed by atoms with van der Waals surface area (Å²) in [4.78, 5) is 12.8. The molecule has 0 radical (unpaired) electrons. The van der Waals surface area contributed by atoms with Gasteiger partial charge in [0.05, 0.1) is 12.0 Å². The van der Waals surface area contributed by atoms with E-state index in [-0.39, 0.29) is 11.7 Å². The van der Waals surface area contributed by atoms with Crippen LogP contribution in [0.4, 0.5) is 0 Å². The molecule has 26 heavy (non-hydrogen) atoms. The summed E-state index contributed by atoms with van der Waals surface area (Å²) in [5, 5.41) is 9.91. The second kappa shape index (κ2) is 8.60. The Hall–Kier alpha value is -2.70. The van der Waals surface area contributed by atoms with Crippen LogP contribution in [0.25, 0.3) is 0 Å². The number of ketones is 1. The number of nitriles is 1. The summed E-state index contributed by atoms with van der Waals surface area (Å²) in [5.41, 5.74) is 2.60. The summed E-state index contributed by atoms with van der Waals surface area (Å²) in [6, 6.07) is 29.3. The molecular weight excluding hydrogens is 386 g/mol. The topological polar surface area (TPSA) is 40.9 Å². The Morgan fingerprint density at radius 1 is 0.885 bits per heavy atom. The molecule has 3 aromatic rings. The van der Waals surface area contributed by atoms with Crippen molar-refractivity contribution in [3.63, 3.8) is 0 Å². The Morgan fingerprint density at radius 2 is 1.50 bits per heavy atom. The molecule has 2 nitrogen and oxygen atoms in total. The average Bonchev–Trinajstić information content (AvgIpc) is 2.69. The van der Waals surface area contributed by atoms with Gasteiger partial charge in [0, 0.05) is 22.4 Å². The highest BCUT2D eigenvalue weighted by Crippen LogP contribution is 2.37. The molecule has 0 aliphatic carbocycles. The number of Topliss-reactive ketones (excluding diaryl/α,β-unsaturated/α-hetero) is 1. The average molecular weight is 404 g/mol. The molecule has 0 spiro atoms. The standard InChI is InChI=1S/C23H18BrNO/c24-20-13-7-12-19(14-20)22(16-25)21(17-8-3-1-4-9-17)15-23(26)18-10-5-2-6-11-18/h1-14,21-22H,15H2/t21-,22-/m1/s1. The summed E-state index contributed by atoms with van der Waals surface area (Å²) in [5.74, 6) is -0.555. The lowest BCUT2D eigenvalue weighted by atomic mass is 9.78. The van der Waals surface area contributed by atoms with Crippen LogP contribution in [0.15, 0.2) is 89.4 Å². The van der Waals surface area contributed by atoms with Crippen molar-refractivity contribution in [3.8, 4) is 6.07 Å². The monoisotopic (exact) mass is 403 g/mol. The maximum Gasteiger partial charge on any atom is 0.163 e. The third-order valence-corrected chi connectivity index (χ3v) is 4.97. The normalized spacial score (nSPS) is 12.8. The molecule has 0 heterocycles. The number of hydrogen-bond donors (Lipinski definition) is 0. The van der Waals surface area contributed by atoms with Crippen LogP contribution in [0.2, 0.25) is 0 Å². The number of hydrogen-bond acceptors (Lipinski definition) is 2. The Labute approximate surface area is 162 Å². The van der Waals surface area contributed by atoms with E-state index in [1.807, 2.05) is 84.9 Å². The first-order chi connectivity index (χ1) is 12.7. The molecule has 0 N–H and O–H groups in total. The first-order valence-electron chi connectivity index (χ1n) is 8.47. The fourth-order valence-corrected chi connectivity index (χ4v) is 3.58. The third-order valence-electron chi connectivity index (χ3n) is 4.48. The van der Waals surface area contributed by atoms with Crippen molar-refractivity contribution in [1.29, 1.82) is 5.26 Å². The largest absolute Gasteiger partial charge is 0.294 e. The van der Waals surface area contributed by atoms with E-state index in [1.54, 1.807) is 0 Å². The fraction of sp³-hybridized carbons (Fsp3) is 0.130. The quantitative estimate of drug-likeness (QED) is 0.465. The molecule has 0 aromatic heterocycles. The van der Waals surface area contributed by atoms with Crippen molar-refractivity contribution in [1.82, 2.24) is 0 Å². The van der Waals surface area contributed by atoms with Crippen LogP contribution in [0.1, 0.15) is 39.7 Å². The van der Waals surface area contributed by atoms with E-state index >= 15 is 0 Å². The highest BCUT2D eigenvalue weighted by molar-refractivity contribution is 9.10. The Bertz CT molecular complexity index is 916. The number of halogens is 1. The third kappa shape index (κ3) is 4.28. The highest BCUT2D eigenvalue weighted by Gasteiger charge is 2.27. The molecule has 0 unspecified atom stereocenters. The van der Waals surface area contributed by atoms with Crippen LogP contribution in [0.3, 0.4) is 0 Å². The zero-order valence-electron chi connectivity index (χ0n) is 14.2. The molecule has 0 aliphatic rings.